The number of rotatable bonds is 4. The Hall–Kier alpha value is -0.530. The standard InChI is InChI=1S/C15H19ClS/c1-11(16)8-15(2,3)9-12-10-17-14-7-5-4-6-13(12)14/h4-7,10-11H,8-9H2,1-3H3. The van der Waals surface area contributed by atoms with E-state index in [9.17, 15) is 0 Å². The zero-order valence-corrected chi connectivity index (χ0v) is 12.2. The van der Waals surface area contributed by atoms with Crippen LogP contribution in [0.15, 0.2) is 29.6 Å². The second-order valence-corrected chi connectivity index (χ2v) is 7.24. The molecular formula is C15H19ClS. The van der Waals surface area contributed by atoms with Gasteiger partial charge in [-0.3, -0.25) is 0 Å². The molecule has 0 saturated heterocycles. The number of fused-ring (bicyclic) bond motifs is 1. The van der Waals surface area contributed by atoms with Gasteiger partial charge in [0.15, 0.2) is 0 Å². The molecule has 0 nitrogen and oxygen atoms in total. The smallest absolute Gasteiger partial charge is 0.0345 e. The number of halogens is 1. The molecule has 0 amide bonds. The van der Waals surface area contributed by atoms with Crippen molar-refractivity contribution in [3.8, 4) is 0 Å². The summed E-state index contributed by atoms with van der Waals surface area (Å²) in [5, 5.41) is 3.95. The van der Waals surface area contributed by atoms with E-state index in [1.54, 1.807) is 0 Å². The molecule has 1 aromatic carbocycles. The van der Waals surface area contributed by atoms with Crippen LogP contribution in [0.1, 0.15) is 32.8 Å². The highest BCUT2D eigenvalue weighted by Gasteiger charge is 2.22. The van der Waals surface area contributed by atoms with E-state index < -0.39 is 0 Å². The van der Waals surface area contributed by atoms with Gasteiger partial charge in [0.05, 0.1) is 0 Å². The van der Waals surface area contributed by atoms with Gasteiger partial charge in [0.2, 0.25) is 0 Å². The van der Waals surface area contributed by atoms with E-state index in [4.69, 9.17) is 11.6 Å². The SMILES string of the molecule is CC(Cl)CC(C)(C)Cc1csc2ccccc12. The number of hydrogen-bond acceptors (Lipinski definition) is 1. The van der Waals surface area contributed by atoms with Gasteiger partial charge in [-0.2, -0.15) is 0 Å². The Morgan fingerprint density at radius 3 is 2.71 bits per heavy atom. The van der Waals surface area contributed by atoms with E-state index in [0.29, 0.717) is 0 Å². The monoisotopic (exact) mass is 266 g/mol. The van der Waals surface area contributed by atoms with Gasteiger partial charge in [-0.25, -0.2) is 0 Å². The van der Waals surface area contributed by atoms with Crippen LogP contribution in [0, 0.1) is 5.41 Å². The third-order valence-corrected chi connectivity index (χ3v) is 4.23. The molecule has 92 valence electrons. The molecule has 0 saturated carbocycles. The van der Waals surface area contributed by atoms with E-state index in [-0.39, 0.29) is 10.8 Å². The lowest BCUT2D eigenvalue weighted by atomic mass is 9.81. The number of hydrogen-bond donors (Lipinski definition) is 0. The van der Waals surface area contributed by atoms with E-state index in [1.165, 1.54) is 15.6 Å². The first-order valence-electron chi connectivity index (χ1n) is 6.07. The Labute approximate surface area is 113 Å². The fourth-order valence-electron chi connectivity index (χ4n) is 2.52. The van der Waals surface area contributed by atoms with Gasteiger partial charge >= 0.3 is 0 Å². The summed E-state index contributed by atoms with van der Waals surface area (Å²) in [6.45, 7) is 6.69. The molecule has 1 aromatic heterocycles. The Morgan fingerprint density at radius 1 is 1.29 bits per heavy atom. The maximum Gasteiger partial charge on any atom is 0.0345 e. The molecule has 2 rings (SSSR count). The highest BCUT2D eigenvalue weighted by atomic mass is 35.5. The van der Waals surface area contributed by atoms with Crippen LogP contribution in [0.25, 0.3) is 10.1 Å². The second-order valence-electron chi connectivity index (χ2n) is 5.58. The first kappa shape index (κ1) is 12.9. The van der Waals surface area contributed by atoms with Crippen LogP contribution in [0.2, 0.25) is 0 Å². The molecule has 0 radical (unpaired) electrons. The van der Waals surface area contributed by atoms with Gasteiger partial charge < -0.3 is 0 Å². The Kier molecular flexibility index (Phi) is 3.79. The first-order valence-corrected chi connectivity index (χ1v) is 7.39. The lowest BCUT2D eigenvalue weighted by Gasteiger charge is -2.25. The molecule has 1 unspecified atom stereocenters. The van der Waals surface area contributed by atoms with E-state index in [2.05, 4.69) is 50.4 Å². The molecule has 0 aliphatic heterocycles. The minimum Gasteiger partial charge on any atom is -0.144 e. The highest BCUT2D eigenvalue weighted by Crippen LogP contribution is 2.34. The fraction of sp³-hybridized carbons (Fsp3) is 0.467. The maximum atomic E-state index is 6.12. The van der Waals surface area contributed by atoms with Gasteiger partial charge in [0.25, 0.3) is 0 Å². The van der Waals surface area contributed by atoms with Crippen molar-refractivity contribution in [1.82, 2.24) is 0 Å². The third-order valence-electron chi connectivity index (χ3n) is 3.06. The molecule has 2 aromatic rings. The van der Waals surface area contributed by atoms with Crippen molar-refractivity contribution in [2.24, 2.45) is 5.41 Å². The van der Waals surface area contributed by atoms with Crippen LogP contribution >= 0.6 is 22.9 Å². The highest BCUT2D eigenvalue weighted by molar-refractivity contribution is 7.17. The van der Waals surface area contributed by atoms with E-state index in [1.807, 2.05) is 11.3 Å². The van der Waals surface area contributed by atoms with Crippen molar-refractivity contribution in [3.05, 3.63) is 35.2 Å². The summed E-state index contributed by atoms with van der Waals surface area (Å²) in [4.78, 5) is 0. The largest absolute Gasteiger partial charge is 0.144 e. The van der Waals surface area contributed by atoms with Gasteiger partial charge in [0.1, 0.15) is 0 Å². The number of benzene rings is 1. The number of thiophene rings is 1. The van der Waals surface area contributed by atoms with Gasteiger partial charge in [-0.15, -0.1) is 22.9 Å². The Bertz CT molecular complexity index is 496. The lowest BCUT2D eigenvalue weighted by molar-refractivity contribution is 0.333. The summed E-state index contributed by atoms with van der Waals surface area (Å²) in [7, 11) is 0. The predicted molar refractivity (Wildman–Crippen MR) is 79.2 cm³/mol. The molecule has 0 N–H and O–H groups in total. The van der Waals surface area contributed by atoms with Crippen molar-refractivity contribution < 1.29 is 0 Å². The summed E-state index contributed by atoms with van der Waals surface area (Å²) in [5.74, 6) is 0. The molecule has 1 heterocycles. The normalized spacial score (nSPS) is 14.1. The lowest BCUT2D eigenvalue weighted by Crippen LogP contribution is -2.18. The fourth-order valence-corrected chi connectivity index (χ4v) is 3.90. The Morgan fingerprint density at radius 2 is 2.00 bits per heavy atom. The minimum atomic E-state index is 0.245. The van der Waals surface area contributed by atoms with Crippen LogP contribution in [-0.2, 0) is 6.42 Å². The average molecular weight is 267 g/mol. The summed E-state index contributed by atoms with van der Waals surface area (Å²) >= 11 is 7.96. The topological polar surface area (TPSA) is 0 Å². The second kappa shape index (κ2) is 4.99. The van der Waals surface area contributed by atoms with Crippen molar-refractivity contribution >= 4 is 33.0 Å². The van der Waals surface area contributed by atoms with Crippen molar-refractivity contribution in [2.75, 3.05) is 0 Å². The predicted octanol–water partition coefficient (Wildman–Crippen LogP) is 5.49. The average Bonchev–Trinajstić information content (AvgIpc) is 2.59. The maximum absolute atomic E-state index is 6.12. The molecule has 0 spiro atoms. The van der Waals surface area contributed by atoms with Crippen LogP contribution in [0.3, 0.4) is 0 Å². The molecular weight excluding hydrogens is 248 g/mol. The Balaban J connectivity index is 2.23. The van der Waals surface area contributed by atoms with Crippen LogP contribution in [0.5, 0.6) is 0 Å². The first-order chi connectivity index (χ1) is 7.98. The van der Waals surface area contributed by atoms with Gasteiger partial charge in [-0.05, 0) is 47.6 Å². The van der Waals surface area contributed by atoms with Crippen LogP contribution in [0.4, 0.5) is 0 Å². The molecule has 0 aliphatic rings. The molecule has 0 bridgehead atoms. The molecule has 0 aliphatic carbocycles. The minimum absolute atomic E-state index is 0.245. The van der Waals surface area contributed by atoms with Crippen molar-refractivity contribution in [1.29, 1.82) is 0 Å². The van der Waals surface area contributed by atoms with Crippen molar-refractivity contribution in [2.45, 2.75) is 39.0 Å². The zero-order chi connectivity index (χ0) is 12.5. The number of alkyl halides is 1. The third kappa shape index (κ3) is 3.23. The molecule has 0 fully saturated rings. The molecule has 2 heteroatoms. The van der Waals surface area contributed by atoms with Crippen LogP contribution in [-0.4, -0.2) is 5.38 Å². The quantitative estimate of drug-likeness (QED) is 0.642. The summed E-state index contributed by atoms with van der Waals surface area (Å²) in [5.41, 5.74) is 1.73. The zero-order valence-electron chi connectivity index (χ0n) is 10.7. The van der Waals surface area contributed by atoms with Gasteiger partial charge in [-0.1, -0.05) is 32.0 Å². The van der Waals surface area contributed by atoms with Crippen LogP contribution < -0.4 is 0 Å². The summed E-state index contributed by atoms with van der Waals surface area (Å²) < 4.78 is 1.39. The van der Waals surface area contributed by atoms with Gasteiger partial charge in [0, 0.05) is 10.1 Å². The molecule has 1 atom stereocenters. The van der Waals surface area contributed by atoms with Crippen molar-refractivity contribution in [3.63, 3.8) is 0 Å². The van der Waals surface area contributed by atoms with E-state index in [0.717, 1.165) is 12.8 Å². The van der Waals surface area contributed by atoms with E-state index >= 15 is 0 Å². The summed E-state index contributed by atoms with van der Waals surface area (Å²) in [6.07, 6.45) is 2.16. The molecule has 17 heavy (non-hydrogen) atoms. The summed E-state index contributed by atoms with van der Waals surface area (Å²) in [6, 6.07) is 8.65.